The van der Waals surface area contributed by atoms with E-state index in [0.29, 0.717) is 6.42 Å². The lowest BCUT2D eigenvalue weighted by Crippen LogP contribution is -2.51. The number of ether oxygens (including phenoxy) is 1. The van der Waals surface area contributed by atoms with E-state index in [9.17, 15) is 9.59 Å². The number of fused-ring (bicyclic) bond motifs is 5. The van der Waals surface area contributed by atoms with Crippen molar-refractivity contribution in [2.45, 2.75) is 32.0 Å². The fourth-order valence-corrected chi connectivity index (χ4v) is 3.50. The molecule has 2 heterocycles. The van der Waals surface area contributed by atoms with Gasteiger partial charge in [-0.2, -0.15) is 0 Å². The van der Waals surface area contributed by atoms with Crippen LogP contribution in [-0.4, -0.2) is 22.3 Å². The van der Waals surface area contributed by atoms with Crippen molar-refractivity contribution in [2.75, 3.05) is 0 Å². The molecule has 106 valence electrons. The first-order valence-corrected chi connectivity index (χ1v) is 7.04. The zero-order valence-corrected chi connectivity index (χ0v) is 11.9. The van der Waals surface area contributed by atoms with Gasteiger partial charge in [-0.1, -0.05) is 36.4 Å². The van der Waals surface area contributed by atoms with Crippen LogP contribution in [0.4, 0.5) is 0 Å². The predicted octanol–water partition coefficient (Wildman–Crippen LogP) is 2.56. The molecular weight excluding hydrogens is 266 g/mol. The standard InChI is InChI=1S/C17H15NO3/c1-17(2)9-13-11-6-4-3-5-10(11)7-8-12(13)15-18(17)14(19)16(20)21-15/h3-8,15H,9H2,1-2H3. The molecule has 21 heavy (non-hydrogen) atoms. The van der Waals surface area contributed by atoms with Crippen molar-refractivity contribution in [3.05, 3.63) is 47.5 Å². The summed E-state index contributed by atoms with van der Waals surface area (Å²) in [5.41, 5.74) is 1.65. The number of hydrogen-bond acceptors (Lipinski definition) is 3. The molecular formula is C17H15NO3. The number of carbonyl (C=O) groups is 2. The molecule has 2 aliphatic rings. The maximum Gasteiger partial charge on any atom is 0.399 e. The third-order valence-electron chi connectivity index (χ3n) is 4.45. The number of benzene rings is 2. The van der Waals surface area contributed by atoms with Crippen LogP contribution >= 0.6 is 0 Å². The van der Waals surface area contributed by atoms with Gasteiger partial charge >= 0.3 is 11.9 Å². The van der Waals surface area contributed by atoms with Crippen molar-refractivity contribution in [3.63, 3.8) is 0 Å². The van der Waals surface area contributed by atoms with E-state index in [1.807, 2.05) is 38.1 Å². The number of esters is 1. The zero-order chi connectivity index (χ0) is 14.8. The van der Waals surface area contributed by atoms with Crippen LogP contribution in [0.15, 0.2) is 36.4 Å². The van der Waals surface area contributed by atoms with Crippen LogP contribution in [0.5, 0.6) is 0 Å². The van der Waals surface area contributed by atoms with Crippen molar-refractivity contribution in [1.82, 2.24) is 4.90 Å². The van der Waals surface area contributed by atoms with Gasteiger partial charge < -0.3 is 4.74 Å². The Kier molecular flexibility index (Phi) is 2.27. The van der Waals surface area contributed by atoms with Gasteiger partial charge in [-0.05, 0) is 36.6 Å². The summed E-state index contributed by atoms with van der Waals surface area (Å²) in [5, 5.41) is 2.33. The topological polar surface area (TPSA) is 46.6 Å². The van der Waals surface area contributed by atoms with Crippen molar-refractivity contribution in [1.29, 1.82) is 0 Å². The van der Waals surface area contributed by atoms with Gasteiger partial charge in [-0.25, -0.2) is 4.79 Å². The van der Waals surface area contributed by atoms with Gasteiger partial charge in [0.2, 0.25) is 6.23 Å². The monoisotopic (exact) mass is 281 g/mol. The summed E-state index contributed by atoms with van der Waals surface area (Å²) in [7, 11) is 0. The number of hydrogen-bond donors (Lipinski definition) is 0. The summed E-state index contributed by atoms with van der Waals surface area (Å²) in [5.74, 6) is -1.29. The highest BCUT2D eigenvalue weighted by molar-refractivity contribution is 6.34. The lowest BCUT2D eigenvalue weighted by atomic mass is 9.82. The Morgan fingerprint density at radius 1 is 1.14 bits per heavy atom. The van der Waals surface area contributed by atoms with Crippen molar-refractivity contribution < 1.29 is 14.3 Å². The van der Waals surface area contributed by atoms with E-state index in [-0.39, 0.29) is 0 Å². The second-order valence-corrected chi connectivity index (χ2v) is 6.28. The highest BCUT2D eigenvalue weighted by atomic mass is 16.6. The van der Waals surface area contributed by atoms with Gasteiger partial charge in [0.15, 0.2) is 0 Å². The SMILES string of the molecule is CC1(C)Cc2c(ccc3ccccc23)C2OC(=O)C(=O)N21. The number of carbonyl (C=O) groups excluding carboxylic acids is 2. The van der Waals surface area contributed by atoms with Crippen molar-refractivity contribution in [2.24, 2.45) is 0 Å². The second-order valence-electron chi connectivity index (χ2n) is 6.28. The Morgan fingerprint density at radius 3 is 2.71 bits per heavy atom. The van der Waals surface area contributed by atoms with Crippen molar-refractivity contribution >= 4 is 22.6 Å². The third-order valence-corrected chi connectivity index (χ3v) is 4.45. The highest BCUT2D eigenvalue weighted by Crippen LogP contribution is 2.44. The molecule has 2 aromatic carbocycles. The zero-order valence-electron chi connectivity index (χ0n) is 11.9. The molecule has 0 saturated carbocycles. The van der Waals surface area contributed by atoms with E-state index >= 15 is 0 Å². The molecule has 0 N–H and O–H groups in total. The quantitative estimate of drug-likeness (QED) is 0.551. The van der Waals surface area contributed by atoms with E-state index in [2.05, 4.69) is 12.1 Å². The molecule has 1 unspecified atom stereocenters. The van der Waals surface area contributed by atoms with Gasteiger partial charge in [-0.3, -0.25) is 9.69 Å². The van der Waals surface area contributed by atoms with E-state index in [0.717, 1.165) is 16.3 Å². The molecule has 0 radical (unpaired) electrons. The lowest BCUT2D eigenvalue weighted by molar-refractivity contribution is -0.149. The molecule has 1 atom stereocenters. The maximum atomic E-state index is 12.1. The van der Waals surface area contributed by atoms with Gasteiger partial charge in [0, 0.05) is 11.1 Å². The molecule has 2 aromatic rings. The van der Waals surface area contributed by atoms with Crippen LogP contribution < -0.4 is 0 Å². The van der Waals surface area contributed by atoms with Crippen LogP contribution in [-0.2, 0) is 20.7 Å². The summed E-state index contributed by atoms with van der Waals surface area (Å²) in [6, 6.07) is 12.2. The lowest BCUT2D eigenvalue weighted by Gasteiger charge is -2.43. The van der Waals surface area contributed by atoms with Gasteiger partial charge in [0.25, 0.3) is 0 Å². The van der Waals surface area contributed by atoms with E-state index < -0.39 is 23.6 Å². The van der Waals surface area contributed by atoms with Crippen LogP contribution in [0, 0.1) is 0 Å². The first-order valence-electron chi connectivity index (χ1n) is 7.04. The van der Waals surface area contributed by atoms with E-state index in [4.69, 9.17) is 4.74 Å². The molecule has 0 bridgehead atoms. The van der Waals surface area contributed by atoms with E-state index in [1.54, 1.807) is 4.90 Å². The summed E-state index contributed by atoms with van der Waals surface area (Å²) in [6.07, 6.45) is 0.121. The number of rotatable bonds is 0. The molecule has 4 rings (SSSR count). The molecule has 1 saturated heterocycles. The summed E-state index contributed by atoms with van der Waals surface area (Å²) in [6.45, 7) is 3.95. The Hall–Kier alpha value is -2.36. The average molecular weight is 281 g/mol. The molecule has 0 aliphatic carbocycles. The average Bonchev–Trinajstić information content (AvgIpc) is 2.75. The van der Waals surface area contributed by atoms with Gasteiger partial charge in [0.05, 0.1) is 0 Å². The minimum atomic E-state index is -0.755. The first-order chi connectivity index (χ1) is 9.99. The van der Waals surface area contributed by atoms with Crippen LogP contribution in [0.1, 0.15) is 31.2 Å². The summed E-state index contributed by atoms with van der Waals surface area (Å²) >= 11 is 0. The molecule has 4 nitrogen and oxygen atoms in total. The van der Waals surface area contributed by atoms with Gasteiger partial charge in [0.1, 0.15) is 0 Å². The smallest absolute Gasteiger partial charge is 0.399 e. The molecule has 2 aliphatic heterocycles. The van der Waals surface area contributed by atoms with Gasteiger partial charge in [-0.15, -0.1) is 0 Å². The van der Waals surface area contributed by atoms with Crippen molar-refractivity contribution in [3.8, 4) is 0 Å². The fourth-order valence-electron chi connectivity index (χ4n) is 3.50. The third kappa shape index (κ3) is 1.56. The number of amides is 1. The Bertz CT molecular complexity index is 794. The second kappa shape index (κ2) is 3.85. The summed E-state index contributed by atoms with van der Waals surface area (Å²) < 4.78 is 5.33. The molecule has 0 aromatic heterocycles. The molecule has 1 amide bonds. The minimum Gasteiger partial charge on any atom is -0.430 e. The minimum absolute atomic E-state index is 0.439. The number of nitrogens with zero attached hydrogens (tertiary/aromatic N) is 1. The van der Waals surface area contributed by atoms with Crippen LogP contribution in [0.3, 0.4) is 0 Å². The molecule has 0 spiro atoms. The highest BCUT2D eigenvalue weighted by Gasteiger charge is 2.52. The molecule has 4 heteroatoms. The normalized spacial score (nSPS) is 23.0. The van der Waals surface area contributed by atoms with Crippen LogP contribution in [0.25, 0.3) is 10.8 Å². The Balaban J connectivity index is 2.00. The fraction of sp³-hybridized carbons (Fsp3) is 0.294. The summed E-state index contributed by atoms with van der Waals surface area (Å²) in [4.78, 5) is 25.3. The Morgan fingerprint density at radius 2 is 1.90 bits per heavy atom. The van der Waals surface area contributed by atoms with E-state index in [1.165, 1.54) is 5.56 Å². The largest absolute Gasteiger partial charge is 0.430 e. The Labute approximate surface area is 122 Å². The molecule has 1 fully saturated rings. The first kappa shape index (κ1) is 12.4. The maximum absolute atomic E-state index is 12.1. The van der Waals surface area contributed by atoms with Crippen LogP contribution in [0.2, 0.25) is 0 Å². The predicted molar refractivity (Wildman–Crippen MR) is 77.4 cm³/mol.